The maximum Gasteiger partial charge on any atom is 0.252 e. The number of aromatic hydroxyl groups is 1. The van der Waals surface area contributed by atoms with Gasteiger partial charge in [-0.1, -0.05) is 30.7 Å². The number of primary amides is 1. The number of amides is 1. The van der Waals surface area contributed by atoms with E-state index < -0.39 is 12.0 Å². The summed E-state index contributed by atoms with van der Waals surface area (Å²) in [6, 6.07) is 15.3. The summed E-state index contributed by atoms with van der Waals surface area (Å²) in [6.45, 7) is 3.67. The van der Waals surface area contributed by atoms with Crippen LogP contribution in [0.1, 0.15) is 61.1 Å². The van der Waals surface area contributed by atoms with Crippen LogP contribution in [0.2, 0.25) is 0 Å². The lowest BCUT2D eigenvalue weighted by Gasteiger charge is -2.26. The van der Waals surface area contributed by atoms with Gasteiger partial charge in [0.15, 0.2) is 0 Å². The van der Waals surface area contributed by atoms with Crippen molar-refractivity contribution in [1.82, 2.24) is 5.32 Å². The molecule has 1 aliphatic rings. The molecular formula is C26H37N3O3. The molecule has 0 aromatic heterocycles. The molecule has 3 rings (SSSR count). The van der Waals surface area contributed by atoms with Crippen LogP contribution in [0.25, 0.3) is 0 Å². The first kappa shape index (κ1) is 24.1. The lowest BCUT2D eigenvalue weighted by Crippen LogP contribution is -2.36. The van der Waals surface area contributed by atoms with Crippen LogP contribution in [0.4, 0.5) is 5.69 Å². The molecule has 2 unspecified atom stereocenters. The van der Waals surface area contributed by atoms with Crippen LogP contribution >= 0.6 is 0 Å². The highest BCUT2D eigenvalue weighted by Gasteiger charge is 2.24. The van der Waals surface area contributed by atoms with Gasteiger partial charge in [0, 0.05) is 31.9 Å². The fraction of sp³-hybridized carbons (Fsp3) is 0.500. The van der Waals surface area contributed by atoms with Crippen molar-refractivity contribution in [1.29, 1.82) is 0 Å². The van der Waals surface area contributed by atoms with Gasteiger partial charge in [0.2, 0.25) is 0 Å². The molecule has 5 N–H and O–H groups in total. The Kier molecular flexibility index (Phi) is 8.53. The van der Waals surface area contributed by atoms with Crippen LogP contribution in [0, 0.1) is 11.8 Å². The number of hydrogen-bond donors (Lipinski definition) is 4. The van der Waals surface area contributed by atoms with Crippen molar-refractivity contribution in [3.8, 4) is 5.75 Å². The third-order valence-corrected chi connectivity index (χ3v) is 6.87. The monoisotopic (exact) mass is 439 g/mol. The van der Waals surface area contributed by atoms with Crippen molar-refractivity contribution in [2.45, 2.75) is 51.2 Å². The van der Waals surface area contributed by atoms with Crippen molar-refractivity contribution in [3.05, 3.63) is 59.7 Å². The molecule has 2 aromatic rings. The van der Waals surface area contributed by atoms with E-state index in [0.717, 1.165) is 6.54 Å². The first-order valence-electron chi connectivity index (χ1n) is 11.7. The van der Waals surface area contributed by atoms with Crippen LogP contribution in [-0.2, 0) is 0 Å². The Morgan fingerprint density at radius 3 is 2.62 bits per heavy atom. The number of rotatable bonds is 9. The van der Waals surface area contributed by atoms with Crippen LogP contribution < -0.4 is 16.0 Å². The first-order chi connectivity index (χ1) is 15.3. The minimum Gasteiger partial charge on any atom is -0.507 e. The third kappa shape index (κ3) is 6.47. The zero-order valence-corrected chi connectivity index (χ0v) is 19.2. The van der Waals surface area contributed by atoms with E-state index in [9.17, 15) is 15.0 Å². The first-order valence-corrected chi connectivity index (χ1v) is 11.7. The molecule has 1 aliphatic carbocycles. The van der Waals surface area contributed by atoms with Crippen molar-refractivity contribution in [3.63, 3.8) is 0 Å². The number of carbonyl (C=O) groups is 1. The fourth-order valence-corrected chi connectivity index (χ4v) is 4.81. The van der Waals surface area contributed by atoms with E-state index >= 15 is 0 Å². The van der Waals surface area contributed by atoms with Crippen LogP contribution in [0.15, 0.2) is 48.5 Å². The Morgan fingerprint density at radius 2 is 1.91 bits per heavy atom. The van der Waals surface area contributed by atoms with Crippen LogP contribution in [0.5, 0.6) is 5.75 Å². The summed E-state index contributed by atoms with van der Waals surface area (Å²) in [5.41, 5.74) is 7.17. The summed E-state index contributed by atoms with van der Waals surface area (Å²) in [4.78, 5) is 13.8. The molecule has 2 aromatic carbocycles. The van der Waals surface area contributed by atoms with Gasteiger partial charge in [-0.2, -0.15) is 0 Å². The smallest absolute Gasteiger partial charge is 0.252 e. The van der Waals surface area contributed by atoms with Gasteiger partial charge in [0.05, 0.1) is 11.7 Å². The highest BCUT2D eigenvalue weighted by Crippen LogP contribution is 2.31. The van der Waals surface area contributed by atoms with Gasteiger partial charge in [-0.05, 0) is 74.3 Å². The van der Waals surface area contributed by atoms with Crippen molar-refractivity contribution < 1.29 is 15.0 Å². The topological polar surface area (TPSA) is 98.8 Å². The maximum atomic E-state index is 11.4. The maximum absolute atomic E-state index is 11.4. The number of aliphatic hydroxyl groups excluding tert-OH is 1. The predicted octanol–water partition coefficient (Wildman–Crippen LogP) is 3.84. The van der Waals surface area contributed by atoms with E-state index in [4.69, 9.17) is 5.73 Å². The Bertz CT molecular complexity index is 874. The van der Waals surface area contributed by atoms with Gasteiger partial charge >= 0.3 is 0 Å². The standard InChI is InChI=1S/C26H37N3O3/c1-18(28-16-25(31)21-13-14-24(30)23(15-21)26(27)32)20-8-6-7-19(11-12-20)17-29(2)22-9-4-3-5-10-22/h3-5,9-10,13-15,18-20,25,28,30-31H,6-8,11-12,16-17H2,1-2H3,(H2,27,32)/t18?,19-,20+,25?/m1/s1. The molecule has 0 aliphatic heterocycles. The van der Waals surface area contributed by atoms with Gasteiger partial charge in [-0.3, -0.25) is 4.79 Å². The predicted molar refractivity (Wildman–Crippen MR) is 129 cm³/mol. The molecule has 6 nitrogen and oxygen atoms in total. The van der Waals surface area contributed by atoms with Gasteiger partial charge < -0.3 is 26.2 Å². The molecule has 0 radical (unpaired) electrons. The number of nitrogens with zero attached hydrogens (tertiary/aromatic N) is 1. The third-order valence-electron chi connectivity index (χ3n) is 6.87. The fourth-order valence-electron chi connectivity index (χ4n) is 4.81. The van der Waals surface area contributed by atoms with Gasteiger partial charge in [0.25, 0.3) is 5.91 Å². The number of nitrogens with two attached hydrogens (primary N) is 1. The van der Waals surface area contributed by atoms with Crippen molar-refractivity contribution >= 4 is 11.6 Å². The number of carbonyl (C=O) groups excluding carboxylic acids is 1. The second-order valence-electron chi connectivity index (χ2n) is 9.20. The van der Waals surface area contributed by atoms with Crippen LogP contribution in [-0.4, -0.2) is 42.3 Å². The van der Waals surface area contributed by atoms with E-state index in [2.05, 4.69) is 54.5 Å². The largest absolute Gasteiger partial charge is 0.507 e. The van der Waals surface area contributed by atoms with Crippen molar-refractivity contribution in [2.75, 3.05) is 25.0 Å². The van der Waals surface area contributed by atoms with E-state index in [-0.39, 0.29) is 11.3 Å². The number of phenols is 1. The molecule has 6 heteroatoms. The molecule has 0 heterocycles. The summed E-state index contributed by atoms with van der Waals surface area (Å²) >= 11 is 0. The SMILES string of the molecule is CC(NCC(O)c1ccc(O)c(C(N)=O)c1)[C@H]1CCC[C@@H](CN(C)c2ccccc2)CC1. The number of anilines is 1. The number of benzene rings is 2. The molecule has 32 heavy (non-hydrogen) atoms. The number of hydrogen-bond acceptors (Lipinski definition) is 5. The summed E-state index contributed by atoms with van der Waals surface area (Å²) in [5.74, 6) is 0.409. The molecule has 174 valence electrons. The summed E-state index contributed by atoms with van der Waals surface area (Å²) < 4.78 is 0. The van der Waals surface area contributed by atoms with Crippen molar-refractivity contribution in [2.24, 2.45) is 17.6 Å². The molecule has 1 amide bonds. The van der Waals surface area contributed by atoms with Gasteiger partial charge in [-0.25, -0.2) is 0 Å². The molecular weight excluding hydrogens is 402 g/mol. The van der Waals surface area contributed by atoms with Gasteiger partial charge in [-0.15, -0.1) is 0 Å². The quantitative estimate of drug-likeness (QED) is 0.445. The van der Waals surface area contributed by atoms with E-state index in [1.54, 1.807) is 6.07 Å². The Balaban J connectivity index is 1.48. The second-order valence-corrected chi connectivity index (χ2v) is 9.20. The van der Waals surface area contributed by atoms with Crippen LogP contribution in [0.3, 0.4) is 0 Å². The molecule has 4 atom stereocenters. The molecule has 1 fully saturated rings. The van der Waals surface area contributed by atoms with E-state index in [0.29, 0.717) is 30.0 Å². The highest BCUT2D eigenvalue weighted by molar-refractivity contribution is 5.95. The number of aliphatic hydroxyl groups is 1. The summed E-state index contributed by atoms with van der Waals surface area (Å²) in [5, 5.41) is 23.8. The highest BCUT2D eigenvalue weighted by atomic mass is 16.3. The second kappa shape index (κ2) is 11.3. The van der Waals surface area contributed by atoms with E-state index in [1.807, 2.05) is 0 Å². The molecule has 0 spiro atoms. The zero-order chi connectivity index (χ0) is 23.1. The normalized spacial score (nSPS) is 20.8. The Morgan fingerprint density at radius 1 is 1.16 bits per heavy atom. The minimum absolute atomic E-state index is 0.0323. The van der Waals surface area contributed by atoms with E-state index in [1.165, 1.54) is 49.9 Å². The van der Waals surface area contributed by atoms with Gasteiger partial charge in [0.1, 0.15) is 5.75 Å². The number of para-hydroxylation sites is 1. The zero-order valence-electron chi connectivity index (χ0n) is 19.2. The number of nitrogens with one attached hydrogen (secondary N) is 1. The summed E-state index contributed by atoms with van der Waals surface area (Å²) in [7, 11) is 2.18. The Hall–Kier alpha value is -2.57. The average molecular weight is 440 g/mol. The minimum atomic E-state index is -0.769. The molecule has 0 bridgehead atoms. The Labute approximate surface area is 191 Å². The lowest BCUT2D eigenvalue weighted by atomic mass is 9.92. The molecule has 0 saturated heterocycles. The summed E-state index contributed by atoms with van der Waals surface area (Å²) in [6.07, 6.45) is 5.31. The lowest BCUT2D eigenvalue weighted by molar-refractivity contribution is 0.0997. The average Bonchev–Trinajstić information content (AvgIpc) is 3.03. The molecule has 1 saturated carbocycles.